The molecule has 9 heteroatoms. The monoisotopic (exact) mass is 522 g/mol. The van der Waals surface area contributed by atoms with Crippen molar-refractivity contribution in [2.24, 2.45) is 0 Å². The van der Waals surface area contributed by atoms with Crippen LogP contribution >= 0.6 is 0 Å². The Hall–Kier alpha value is -3.59. The Morgan fingerprint density at radius 3 is 2.55 bits per heavy atom. The number of rotatable bonds is 14. The number of benzene rings is 1. The molecule has 4 rings (SSSR count). The van der Waals surface area contributed by atoms with Crippen molar-refractivity contribution in [2.75, 3.05) is 17.2 Å². The van der Waals surface area contributed by atoms with Gasteiger partial charge in [-0.05, 0) is 42.9 Å². The van der Waals surface area contributed by atoms with Gasteiger partial charge in [-0.15, -0.1) is 0 Å². The topological polar surface area (TPSA) is 87.4 Å². The molecular weight excluding hydrogens is 486 g/mol. The second kappa shape index (κ2) is 13.3. The molecule has 0 saturated carbocycles. The first kappa shape index (κ1) is 27.4. The van der Waals surface area contributed by atoms with Gasteiger partial charge in [-0.1, -0.05) is 57.4 Å². The second-order valence-electron chi connectivity index (χ2n) is 9.93. The normalized spacial score (nSPS) is 12.3. The first-order valence-electron chi connectivity index (χ1n) is 13.3. The van der Waals surface area contributed by atoms with Crippen LogP contribution in [0.2, 0.25) is 0 Å². The molecule has 1 atom stereocenters. The number of aryl methyl sites for hydroxylation is 1. The second-order valence-corrected chi connectivity index (χ2v) is 9.93. The maximum Gasteiger partial charge on any atom is 0.212 e. The van der Waals surface area contributed by atoms with Crippen molar-refractivity contribution >= 4 is 17.3 Å². The molecule has 4 aromatic rings. The molecule has 0 aliphatic rings. The predicted molar refractivity (Wildman–Crippen MR) is 146 cm³/mol. The van der Waals surface area contributed by atoms with Crippen molar-refractivity contribution in [3.8, 4) is 0 Å². The van der Waals surface area contributed by atoms with Gasteiger partial charge in [-0.3, -0.25) is 0 Å². The van der Waals surface area contributed by atoms with Gasteiger partial charge >= 0.3 is 0 Å². The summed E-state index contributed by atoms with van der Waals surface area (Å²) in [6, 6.07) is 11.6. The maximum absolute atomic E-state index is 14.2. The number of fused-ring (bicyclic) bond motifs is 1. The van der Waals surface area contributed by atoms with Crippen molar-refractivity contribution in [3.05, 3.63) is 83.3 Å². The molecule has 38 heavy (non-hydrogen) atoms. The van der Waals surface area contributed by atoms with Crippen molar-refractivity contribution in [2.45, 2.75) is 70.9 Å². The fraction of sp³-hybridized carbons (Fsp3) is 0.414. The van der Waals surface area contributed by atoms with E-state index in [0.717, 1.165) is 55.3 Å². The smallest absolute Gasteiger partial charge is 0.212 e. The molecule has 0 aliphatic heterocycles. The van der Waals surface area contributed by atoms with Gasteiger partial charge in [-0.2, -0.15) is 14.0 Å². The minimum Gasteiger partial charge on any atom is -0.394 e. The number of pyridine rings is 1. The van der Waals surface area contributed by atoms with Crippen LogP contribution in [0, 0.1) is 11.8 Å². The van der Waals surface area contributed by atoms with E-state index in [9.17, 15) is 13.9 Å². The van der Waals surface area contributed by atoms with E-state index in [-0.39, 0.29) is 24.4 Å². The zero-order valence-electron chi connectivity index (χ0n) is 22.0. The van der Waals surface area contributed by atoms with Crippen LogP contribution in [0.15, 0.2) is 54.9 Å². The molecular formula is C29H36F2N6O. The molecule has 7 nitrogen and oxygen atoms in total. The number of aromatic nitrogens is 4. The van der Waals surface area contributed by atoms with Gasteiger partial charge in [-0.25, -0.2) is 14.4 Å². The lowest BCUT2D eigenvalue weighted by Gasteiger charge is -2.19. The summed E-state index contributed by atoms with van der Waals surface area (Å²) in [4.78, 5) is 8.51. The van der Waals surface area contributed by atoms with Crippen LogP contribution in [-0.4, -0.2) is 37.3 Å². The number of nitrogens with one attached hydrogen (secondary N) is 2. The third-order valence-corrected chi connectivity index (χ3v) is 6.67. The average molecular weight is 523 g/mol. The highest BCUT2D eigenvalue weighted by atomic mass is 19.1. The van der Waals surface area contributed by atoms with Gasteiger partial charge in [0.1, 0.15) is 17.5 Å². The molecule has 0 bridgehead atoms. The van der Waals surface area contributed by atoms with E-state index in [2.05, 4.69) is 34.6 Å². The van der Waals surface area contributed by atoms with Crippen molar-refractivity contribution < 1.29 is 13.9 Å². The number of hydrogen-bond donors (Lipinski definition) is 3. The SMILES string of the molecule is CC(C)c1cnn2c(NCc3ccccc3F)cc(N[C@@H](CO)CCCCCCc3ccc(F)nc3)nc12. The van der Waals surface area contributed by atoms with Crippen LogP contribution in [0.3, 0.4) is 0 Å². The third-order valence-electron chi connectivity index (χ3n) is 6.67. The molecule has 0 unspecified atom stereocenters. The number of aliphatic hydroxyl groups excluding tert-OH is 1. The minimum atomic E-state index is -0.452. The van der Waals surface area contributed by atoms with Crippen LogP contribution < -0.4 is 10.6 Å². The lowest BCUT2D eigenvalue weighted by molar-refractivity contribution is 0.266. The molecule has 3 aromatic heterocycles. The Kier molecular flexibility index (Phi) is 9.59. The summed E-state index contributed by atoms with van der Waals surface area (Å²) >= 11 is 0. The molecule has 0 amide bonds. The summed E-state index contributed by atoms with van der Waals surface area (Å²) in [5.41, 5.74) is 3.35. The predicted octanol–water partition coefficient (Wildman–Crippen LogP) is 6.10. The van der Waals surface area contributed by atoms with Crippen LogP contribution in [0.1, 0.15) is 68.6 Å². The lowest BCUT2D eigenvalue weighted by Crippen LogP contribution is -2.24. The van der Waals surface area contributed by atoms with Gasteiger partial charge < -0.3 is 15.7 Å². The standard InChI is InChI=1S/C29H36F2N6O/c1-20(2)24-18-34-37-28(33-17-22-10-7-8-12-25(22)30)15-27(36-29(24)37)35-23(19-38)11-6-4-3-5-9-21-13-14-26(31)32-16-21/h7-8,10,12-16,18,20,23,33,38H,3-6,9,11,17,19H2,1-2H3,(H,35,36)/t23-/m1/s1. The first-order chi connectivity index (χ1) is 18.4. The number of unbranched alkanes of at least 4 members (excludes halogenated alkanes) is 3. The van der Waals surface area contributed by atoms with E-state index >= 15 is 0 Å². The quantitative estimate of drug-likeness (QED) is 0.137. The van der Waals surface area contributed by atoms with Crippen LogP contribution in [0.4, 0.5) is 20.4 Å². The molecule has 0 fully saturated rings. The van der Waals surface area contributed by atoms with Gasteiger partial charge in [0, 0.05) is 29.9 Å². The Bertz CT molecular complexity index is 1310. The number of hydrogen-bond acceptors (Lipinski definition) is 6. The van der Waals surface area contributed by atoms with Gasteiger partial charge in [0.2, 0.25) is 5.95 Å². The summed E-state index contributed by atoms with van der Waals surface area (Å²) in [5, 5.41) is 21.2. The largest absolute Gasteiger partial charge is 0.394 e. The number of anilines is 2. The van der Waals surface area contributed by atoms with Gasteiger partial charge in [0.05, 0.1) is 18.8 Å². The van der Waals surface area contributed by atoms with E-state index in [1.165, 1.54) is 12.1 Å². The Balaban J connectivity index is 1.37. The zero-order valence-corrected chi connectivity index (χ0v) is 22.0. The lowest BCUT2D eigenvalue weighted by atomic mass is 10.0. The van der Waals surface area contributed by atoms with Crippen LogP contribution in [0.5, 0.6) is 0 Å². The Labute approximate surface area is 222 Å². The van der Waals surface area contributed by atoms with E-state index < -0.39 is 5.95 Å². The summed E-state index contributed by atoms with van der Waals surface area (Å²) < 4.78 is 28.9. The van der Waals surface area contributed by atoms with E-state index in [1.54, 1.807) is 28.9 Å². The highest BCUT2D eigenvalue weighted by Gasteiger charge is 2.16. The van der Waals surface area contributed by atoms with E-state index in [1.807, 2.05) is 18.3 Å². The summed E-state index contributed by atoms with van der Waals surface area (Å²) in [7, 11) is 0. The van der Waals surface area contributed by atoms with Crippen LogP contribution in [0.25, 0.3) is 5.65 Å². The third kappa shape index (κ3) is 7.25. The summed E-state index contributed by atoms with van der Waals surface area (Å²) in [5.74, 6) is 0.848. The molecule has 3 heterocycles. The number of aliphatic hydroxyl groups is 1. The molecule has 0 spiro atoms. The summed E-state index contributed by atoms with van der Waals surface area (Å²) in [6.45, 7) is 4.48. The Morgan fingerprint density at radius 1 is 1.00 bits per heavy atom. The zero-order chi connectivity index (χ0) is 26.9. The minimum absolute atomic E-state index is 0.0115. The highest BCUT2D eigenvalue weighted by Crippen LogP contribution is 2.25. The number of nitrogens with zero attached hydrogens (tertiary/aromatic N) is 4. The van der Waals surface area contributed by atoms with Crippen molar-refractivity contribution in [1.29, 1.82) is 0 Å². The molecule has 0 radical (unpaired) electrons. The fourth-order valence-electron chi connectivity index (χ4n) is 4.46. The van der Waals surface area contributed by atoms with Crippen molar-refractivity contribution in [3.63, 3.8) is 0 Å². The van der Waals surface area contributed by atoms with Crippen molar-refractivity contribution in [1.82, 2.24) is 19.6 Å². The first-order valence-corrected chi connectivity index (χ1v) is 13.3. The van der Waals surface area contributed by atoms with E-state index in [0.29, 0.717) is 23.7 Å². The molecule has 0 aliphatic carbocycles. The van der Waals surface area contributed by atoms with Crippen LogP contribution in [-0.2, 0) is 13.0 Å². The molecule has 1 aromatic carbocycles. The fourth-order valence-corrected chi connectivity index (χ4v) is 4.46. The van der Waals surface area contributed by atoms with Gasteiger partial charge in [0.25, 0.3) is 0 Å². The molecule has 202 valence electrons. The molecule has 3 N–H and O–H groups in total. The average Bonchev–Trinajstić information content (AvgIpc) is 3.35. The van der Waals surface area contributed by atoms with E-state index in [4.69, 9.17) is 4.98 Å². The Morgan fingerprint density at radius 2 is 1.82 bits per heavy atom. The maximum atomic E-state index is 14.2. The van der Waals surface area contributed by atoms with Gasteiger partial charge in [0.15, 0.2) is 5.65 Å². The number of halogens is 2. The highest BCUT2D eigenvalue weighted by molar-refractivity contribution is 5.61. The molecule has 0 saturated heterocycles. The summed E-state index contributed by atoms with van der Waals surface area (Å²) in [6.07, 6.45) is 9.16.